The van der Waals surface area contributed by atoms with Crippen LogP contribution in [0, 0.1) is 0 Å². The summed E-state index contributed by atoms with van der Waals surface area (Å²) in [5, 5.41) is 30.7. The van der Waals surface area contributed by atoms with Crippen LogP contribution in [-0.4, -0.2) is 39.3 Å². The van der Waals surface area contributed by atoms with E-state index < -0.39 is 23.1 Å². The zero-order valence-electron chi connectivity index (χ0n) is 14.4. The van der Waals surface area contributed by atoms with Gasteiger partial charge in [-0.25, -0.2) is 0 Å². The molecule has 27 heavy (non-hydrogen) atoms. The van der Waals surface area contributed by atoms with E-state index in [9.17, 15) is 24.9 Å². The summed E-state index contributed by atoms with van der Waals surface area (Å²) in [4.78, 5) is 26.0. The largest absolute Gasteiger partial charge is 0.508 e. The molecular formula is C20H16O7. The molecule has 6 rings (SSSR count). The molecule has 1 saturated heterocycles. The molecule has 3 N–H and O–H groups in total. The van der Waals surface area contributed by atoms with Gasteiger partial charge in [-0.3, -0.25) is 9.59 Å². The van der Waals surface area contributed by atoms with E-state index in [-0.39, 0.29) is 39.7 Å². The Morgan fingerprint density at radius 3 is 2.48 bits per heavy atom. The number of carbonyl (C=O) groups is 2. The van der Waals surface area contributed by atoms with Crippen molar-refractivity contribution in [2.75, 3.05) is 6.61 Å². The molecule has 138 valence electrons. The fraction of sp³-hybridized carbons (Fsp3) is 0.300. The van der Waals surface area contributed by atoms with Crippen molar-refractivity contribution in [2.45, 2.75) is 31.5 Å². The topological polar surface area (TPSA) is 113 Å². The van der Waals surface area contributed by atoms with Crippen LogP contribution in [0.4, 0.5) is 0 Å². The van der Waals surface area contributed by atoms with Crippen LogP contribution in [0.15, 0.2) is 18.2 Å². The van der Waals surface area contributed by atoms with Crippen LogP contribution in [0.3, 0.4) is 0 Å². The van der Waals surface area contributed by atoms with Gasteiger partial charge in [0, 0.05) is 42.0 Å². The van der Waals surface area contributed by atoms with Crippen LogP contribution in [0.5, 0.6) is 23.0 Å². The van der Waals surface area contributed by atoms with Crippen molar-refractivity contribution in [3.05, 3.63) is 46.0 Å². The molecule has 2 aromatic carbocycles. The molecule has 1 aliphatic carbocycles. The molecule has 0 saturated carbocycles. The average Bonchev–Trinajstić information content (AvgIpc) is 2.83. The molecule has 0 spiro atoms. The molecule has 0 amide bonds. The van der Waals surface area contributed by atoms with Gasteiger partial charge in [-0.15, -0.1) is 0 Å². The number of ketones is 2. The van der Waals surface area contributed by atoms with Gasteiger partial charge in [0.2, 0.25) is 11.6 Å². The predicted molar refractivity (Wildman–Crippen MR) is 91.7 cm³/mol. The highest BCUT2D eigenvalue weighted by Gasteiger charge is 2.44. The Bertz CT molecular complexity index is 1050. The van der Waals surface area contributed by atoms with E-state index in [2.05, 4.69) is 0 Å². The van der Waals surface area contributed by atoms with Crippen LogP contribution in [0.1, 0.15) is 63.1 Å². The number of hydrogen-bond donors (Lipinski definition) is 3. The lowest BCUT2D eigenvalue weighted by Crippen LogP contribution is -2.38. The Morgan fingerprint density at radius 1 is 1.04 bits per heavy atom. The quantitative estimate of drug-likeness (QED) is 0.559. The minimum Gasteiger partial charge on any atom is -0.508 e. The number of phenolic OH excluding ortho intramolecular Hbond substituents is 3. The van der Waals surface area contributed by atoms with Gasteiger partial charge in [-0.1, -0.05) is 0 Å². The summed E-state index contributed by atoms with van der Waals surface area (Å²) in [6.07, 6.45) is 1.33. The van der Waals surface area contributed by atoms with Crippen molar-refractivity contribution in [1.82, 2.24) is 0 Å². The maximum absolute atomic E-state index is 13.0. The average molecular weight is 368 g/mol. The lowest BCUT2D eigenvalue weighted by molar-refractivity contribution is -0.188. The number of hydrogen-bond acceptors (Lipinski definition) is 7. The summed E-state index contributed by atoms with van der Waals surface area (Å²) in [6.45, 7) is 2.14. The van der Waals surface area contributed by atoms with E-state index in [4.69, 9.17) is 9.47 Å². The molecule has 0 aromatic heterocycles. The number of phenols is 3. The van der Waals surface area contributed by atoms with Crippen LogP contribution in [-0.2, 0) is 4.74 Å². The molecule has 7 nitrogen and oxygen atoms in total. The number of rotatable bonds is 0. The van der Waals surface area contributed by atoms with Crippen molar-refractivity contribution in [1.29, 1.82) is 0 Å². The van der Waals surface area contributed by atoms with E-state index >= 15 is 0 Å². The zero-order chi connectivity index (χ0) is 19.1. The molecule has 7 heteroatoms. The lowest BCUT2D eigenvalue weighted by Gasteiger charge is -2.32. The van der Waals surface area contributed by atoms with Crippen LogP contribution < -0.4 is 4.74 Å². The first-order valence-corrected chi connectivity index (χ1v) is 8.67. The third-order valence-electron chi connectivity index (χ3n) is 5.62. The standard InChI is InChI=1S/C20H16O7/c1-20-3-2-8(7-26-20)14-13(27-20)6-11-16(18(14)24)19(25)15-10(17(11)23)4-9(21)5-12(15)22/h4-6,8,21-22,24H,2-3,7H2,1H3/t8-,20+/m1/s1. The molecule has 0 unspecified atom stereocenters. The van der Waals surface area contributed by atoms with Crippen LogP contribution in [0.25, 0.3) is 0 Å². The van der Waals surface area contributed by atoms with Gasteiger partial charge in [-0.05, 0) is 18.6 Å². The number of aromatic hydroxyl groups is 3. The number of benzene rings is 2. The normalized spacial score (nSPS) is 25.3. The van der Waals surface area contributed by atoms with Crippen molar-refractivity contribution in [2.24, 2.45) is 0 Å². The molecular weight excluding hydrogens is 352 g/mol. The second-order valence-corrected chi connectivity index (χ2v) is 7.39. The Hall–Kier alpha value is -3.06. The summed E-state index contributed by atoms with van der Waals surface area (Å²) in [5.41, 5.74) is -0.0335. The highest BCUT2D eigenvalue weighted by Crippen LogP contribution is 2.51. The Balaban J connectivity index is 1.79. The van der Waals surface area contributed by atoms with Crippen molar-refractivity contribution < 1.29 is 34.4 Å². The van der Waals surface area contributed by atoms with E-state index in [1.807, 2.05) is 0 Å². The summed E-state index contributed by atoms with van der Waals surface area (Å²) < 4.78 is 11.7. The van der Waals surface area contributed by atoms with Crippen molar-refractivity contribution >= 4 is 11.6 Å². The number of fused-ring (bicyclic) bond motifs is 4. The molecule has 3 aliphatic heterocycles. The molecule has 0 radical (unpaired) electrons. The Morgan fingerprint density at radius 2 is 1.78 bits per heavy atom. The fourth-order valence-corrected chi connectivity index (χ4v) is 4.26. The Labute approximate surface area is 153 Å². The minimum absolute atomic E-state index is 0.0151. The van der Waals surface area contributed by atoms with Crippen molar-refractivity contribution in [3.63, 3.8) is 0 Å². The number of ether oxygens (including phenoxy) is 2. The number of carbonyl (C=O) groups excluding carboxylic acids is 2. The van der Waals surface area contributed by atoms with E-state index in [1.54, 1.807) is 6.92 Å². The molecule has 4 aliphatic rings. The smallest absolute Gasteiger partial charge is 0.207 e. The van der Waals surface area contributed by atoms with Gasteiger partial charge in [0.1, 0.15) is 23.0 Å². The van der Waals surface area contributed by atoms with Crippen LogP contribution in [0.2, 0.25) is 0 Å². The second-order valence-electron chi connectivity index (χ2n) is 7.39. The summed E-state index contributed by atoms with van der Waals surface area (Å²) in [6, 6.07) is 3.59. The van der Waals surface area contributed by atoms with Gasteiger partial charge in [0.15, 0.2) is 5.78 Å². The molecule has 1 fully saturated rings. The third kappa shape index (κ3) is 2.06. The molecule has 3 heterocycles. The van der Waals surface area contributed by atoms with Gasteiger partial charge < -0.3 is 24.8 Å². The van der Waals surface area contributed by atoms with Gasteiger partial charge in [-0.2, -0.15) is 0 Å². The lowest BCUT2D eigenvalue weighted by atomic mass is 9.79. The predicted octanol–water partition coefficient (Wildman–Crippen LogP) is 2.58. The highest BCUT2D eigenvalue weighted by molar-refractivity contribution is 6.30. The summed E-state index contributed by atoms with van der Waals surface area (Å²) in [7, 11) is 0. The fourth-order valence-electron chi connectivity index (χ4n) is 4.26. The molecule has 2 atom stereocenters. The van der Waals surface area contributed by atoms with E-state index in [0.29, 0.717) is 30.8 Å². The summed E-state index contributed by atoms with van der Waals surface area (Å²) in [5.74, 6) is -3.06. The van der Waals surface area contributed by atoms with E-state index in [0.717, 1.165) is 12.1 Å². The molecule has 2 bridgehead atoms. The van der Waals surface area contributed by atoms with Crippen molar-refractivity contribution in [3.8, 4) is 23.0 Å². The maximum Gasteiger partial charge on any atom is 0.207 e. The highest BCUT2D eigenvalue weighted by atomic mass is 16.7. The zero-order valence-corrected chi connectivity index (χ0v) is 14.4. The first-order valence-electron chi connectivity index (χ1n) is 8.67. The van der Waals surface area contributed by atoms with Crippen LogP contribution >= 0.6 is 0 Å². The van der Waals surface area contributed by atoms with E-state index in [1.165, 1.54) is 6.07 Å². The van der Waals surface area contributed by atoms with Gasteiger partial charge in [0.25, 0.3) is 0 Å². The second kappa shape index (κ2) is 5.01. The summed E-state index contributed by atoms with van der Waals surface area (Å²) >= 11 is 0. The van der Waals surface area contributed by atoms with Gasteiger partial charge >= 0.3 is 0 Å². The third-order valence-corrected chi connectivity index (χ3v) is 5.62. The first-order chi connectivity index (χ1) is 12.8. The Kier molecular flexibility index (Phi) is 3.00. The maximum atomic E-state index is 13.0. The minimum atomic E-state index is -0.849. The van der Waals surface area contributed by atoms with Gasteiger partial charge in [0.05, 0.1) is 17.7 Å². The SMILES string of the molecule is C[C@]12CC[C@H](CO1)c1c(cc3c(c1O)C(=O)c1c(O)cc(O)cc1C3=O)O2. The monoisotopic (exact) mass is 368 g/mol. The first kappa shape index (κ1) is 16.1. The molecule has 2 aromatic rings.